The van der Waals surface area contributed by atoms with E-state index in [1.807, 2.05) is 19.9 Å². The van der Waals surface area contributed by atoms with E-state index < -0.39 is 11.7 Å². The van der Waals surface area contributed by atoms with Gasteiger partial charge in [0.05, 0.1) is 22.8 Å². The highest BCUT2D eigenvalue weighted by molar-refractivity contribution is 9.10. The second-order valence-electron chi connectivity index (χ2n) is 8.03. The molecule has 4 aromatic rings. The minimum atomic E-state index is -0.515. The van der Waals surface area contributed by atoms with E-state index in [1.165, 1.54) is 16.8 Å². The number of hydrogen-bond acceptors (Lipinski definition) is 5. The molecule has 4 rings (SSSR count). The molecule has 0 saturated heterocycles. The van der Waals surface area contributed by atoms with Crippen molar-refractivity contribution in [2.75, 3.05) is 11.9 Å². The van der Waals surface area contributed by atoms with Crippen LogP contribution < -0.4 is 15.6 Å². The van der Waals surface area contributed by atoms with Crippen molar-refractivity contribution < 1.29 is 13.9 Å². The molecule has 9 heteroatoms. The zero-order valence-corrected chi connectivity index (χ0v) is 20.6. The molecule has 1 aromatic heterocycles. The van der Waals surface area contributed by atoms with Crippen molar-refractivity contribution in [3.8, 4) is 5.75 Å². The molecule has 0 spiro atoms. The molecule has 0 aliphatic heterocycles. The Bertz CT molecular complexity index is 1470. The average Bonchev–Trinajstić information content (AvgIpc) is 2.84. The number of nitrogens with zero attached hydrogens (tertiary/aromatic N) is 3. The molecule has 35 heavy (non-hydrogen) atoms. The Balaban J connectivity index is 1.47. The van der Waals surface area contributed by atoms with Crippen LogP contribution in [0.2, 0.25) is 0 Å². The third-order valence-corrected chi connectivity index (χ3v) is 5.56. The van der Waals surface area contributed by atoms with Gasteiger partial charge in [-0.1, -0.05) is 41.9 Å². The van der Waals surface area contributed by atoms with Gasteiger partial charge < -0.3 is 10.1 Å². The predicted molar refractivity (Wildman–Crippen MR) is 138 cm³/mol. The lowest BCUT2D eigenvalue weighted by molar-refractivity contribution is -0.118. The van der Waals surface area contributed by atoms with Gasteiger partial charge in [0.1, 0.15) is 17.4 Å². The Morgan fingerprint density at radius 1 is 1.17 bits per heavy atom. The van der Waals surface area contributed by atoms with Crippen LogP contribution in [0, 0.1) is 5.82 Å². The Morgan fingerprint density at radius 2 is 1.91 bits per heavy atom. The van der Waals surface area contributed by atoms with Crippen molar-refractivity contribution >= 4 is 44.6 Å². The maximum Gasteiger partial charge on any atom is 0.282 e. The fourth-order valence-corrected chi connectivity index (χ4v) is 3.68. The van der Waals surface area contributed by atoms with Crippen LogP contribution in [0.3, 0.4) is 0 Å². The first kappa shape index (κ1) is 24.3. The summed E-state index contributed by atoms with van der Waals surface area (Å²) in [5.74, 6) is 0.0133. The zero-order valence-electron chi connectivity index (χ0n) is 19.0. The Morgan fingerprint density at radius 3 is 2.63 bits per heavy atom. The van der Waals surface area contributed by atoms with Gasteiger partial charge in [-0.3, -0.25) is 9.59 Å². The molecular formula is C26H22BrFN4O3. The monoisotopic (exact) mass is 536 g/mol. The molecule has 7 nitrogen and oxygen atoms in total. The first-order valence-electron chi connectivity index (χ1n) is 10.9. The van der Waals surface area contributed by atoms with E-state index >= 15 is 0 Å². The van der Waals surface area contributed by atoms with Crippen LogP contribution >= 0.6 is 15.9 Å². The molecule has 0 fully saturated rings. The smallest absolute Gasteiger partial charge is 0.282 e. The van der Waals surface area contributed by atoms with Gasteiger partial charge in [-0.2, -0.15) is 9.78 Å². The number of amides is 1. The van der Waals surface area contributed by atoms with E-state index in [9.17, 15) is 14.0 Å². The third-order valence-electron chi connectivity index (χ3n) is 5.07. The van der Waals surface area contributed by atoms with Crippen LogP contribution in [0.25, 0.3) is 10.9 Å². The summed E-state index contributed by atoms with van der Waals surface area (Å²) in [6.07, 6.45) is 1.56. The van der Waals surface area contributed by atoms with Crippen LogP contribution in [-0.4, -0.2) is 28.4 Å². The number of nitrogens with one attached hydrogen (secondary N) is 1. The lowest BCUT2D eigenvalue weighted by Crippen LogP contribution is -2.23. The molecule has 1 amide bonds. The van der Waals surface area contributed by atoms with Crippen LogP contribution in [-0.2, 0) is 4.79 Å². The normalized spacial score (nSPS) is 11.3. The highest BCUT2D eigenvalue weighted by Crippen LogP contribution is 2.19. The van der Waals surface area contributed by atoms with Crippen LogP contribution in [0.15, 0.2) is 81.1 Å². The highest BCUT2D eigenvalue weighted by Gasteiger charge is 2.14. The van der Waals surface area contributed by atoms with Crippen molar-refractivity contribution in [3.63, 3.8) is 0 Å². The minimum absolute atomic E-state index is 0.0146. The second kappa shape index (κ2) is 10.6. The molecule has 0 aliphatic carbocycles. The number of aromatic nitrogens is 2. The minimum Gasteiger partial charge on any atom is -0.484 e. The summed E-state index contributed by atoms with van der Waals surface area (Å²) in [7, 11) is 0. The molecular weight excluding hydrogens is 515 g/mol. The maximum atomic E-state index is 13.6. The topological polar surface area (TPSA) is 85.6 Å². The fraction of sp³-hybridized carbons (Fsp3) is 0.154. The number of hydrogen-bond donors (Lipinski definition) is 1. The Kier molecular flexibility index (Phi) is 7.36. The average molecular weight is 537 g/mol. The molecule has 0 bridgehead atoms. The standard InChI is InChI=1S/C26H22BrFN4O3/c1-16(2)25-31-22-12-9-18(27)13-20(22)26(34)32(25)29-14-17-7-10-19(11-8-17)35-15-24(33)30-23-6-4-3-5-21(23)28/h3-14,16H,15H2,1-2H3,(H,30,33). The Hall–Kier alpha value is -3.85. The van der Waals surface area contributed by atoms with Crippen molar-refractivity contribution in [1.82, 2.24) is 9.66 Å². The van der Waals surface area contributed by atoms with E-state index in [0.717, 1.165) is 10.0 Å². The van der Waals surface area contributed by atoms with Gasteiger partial charge in [0, 0.05) is 10.4 Å². The number of para-hydroxylation sites is 1. The molecule has 0 unspecified atom stereocenters. The van der Waals surface area contributed by atoms with Crippen molar-refractivity contribution in [2.45, 2.75) is 19.8 Å². The summed E-state index contributed by atoms with van der Waals surface area (Å²) >= 11 is 3.39. The Labute approximate surface area is 209 Å². The number of carbonyl (C=O) groups excluding carboxylic acids is 1. The number of benzene rings is 3. The van der Waals surface area contributed by atoms with Gasteiger partial charge in [-0.05, 0) is 60.2 Å². The van der Waals surface area contributed by atoms with Gasteiger partial charge in [0.25, 0.3) is 11.5 Å². The largest absolute Gasteiger partial charge is 0.484 e. The molecule has 1 N–H and O–H groups in total. The molecule has 178 valence electrons. The summed E-state index contributed by atoms with van der Waals surface area (Å²) in [6, 6.07) is 18.2. The van der Waals surface area contributed by atoms with Crippen molar-refractivity contribution in [3.05, 3.63) is 98.8 Å². The lowest BCUT2D eigenvalue weighted by Gasteiger charge is -2.12. The predicted octanol–water partition coefficient (Wildman–Crippen LogP) is 5.32. The second-order valence-corrected chi connectivity index (χ2v) is 8.95. The SMILES string of the molecule is CC(C)c1nc2ccc(Br)cc2c(=O)n1N=Cc1ccc(OCC(=O)Nc2ccccc2F)cc1. The molecule has 0 saturated carbocycles. The third kappa shape index (κ3) is 5.81. The van der Waals surface area contributed by atoms with Crippen molar-refractivity contribution in [2.24, 2.45) is 5.10 Å². The number of ether oxygens (including phenoxy) is 1. The summed E-state index contributed by atoms with van der Waals surface area (Å²) in [5, 5.41) is 7.33. The van der Waals surface area contributed by atoms with Crippen LogP contribution in [0.1, 0.15) is 31.2 Å². The number of rotatable bonds is 7. The zero-order chi connectivity index (χ0) is 24.9. The molecule has 3 aromatic carbocycles. The number of carbonyl (C=O) groups is 1. The lowest BCUT2D eigenvalue weighted by atomic mass is 10.2. The maximum absolute atomic E-state index is 13.6. The van der Waals surface area contributed by atoms with Gasteiger partial charge in [0.2, 0.25) is 0 Å². The van der Waals surface area contributed by atoms with Crippen molar-refractivity contribution in [1.29, 1.82) is 0 Å². The molecule has 0 atom stereocenters. The number of halogens is 2. The molecule has 0 aliphatic rings. The highest BCUT2D eigenvalue weighted by atomic mass is 79.9. The summed E-state index contributed by atoms with van der Waals surface area (Å²) in [6.45, 7) is 3.63. The van der Waals surface area contributed by atoms with Crippen LogP contribution in [0.5, 0.6) is 5.75 Å². The van der Waals surface area contributed by atoms with Gasteiger partial charge in [-0.25, -0.2) is 9.37 Å². The molecule has 1 heterocycles. The number of fused-ring (bicyclic) bond motifs is 1. The summed E-state index contributed by atoms with van der Waals surface area (Å²) in [5.41, 5.74) is 1.19. The summed E-state index contributed by atoms with van der Waals surface area (Å²) < 4.78 is 21.2. The van der Waals surface area contributed by atoms with Gasteiger partial charge >= 0.3 is 0 Å². The van der Waals surface area contributed by atoms with Gasteiger partial charge in [-0.15, -0.1) is 0 Å². The number of anilines is 1. The first-order chi connectivity index (χ1) is 16.8. The van der Waals surface area contributed by atoms with Gasteiger partial charge in [0.15, 0.2) is 6.61 Å². The van der Waals surface area contributed by atoms with E-state index in [-0.39, 0.29) is 23.8 Å². The summed E-state index contributed by atoms with van der Waals surface area (Å²) in [4.78, 5) is 29.7. The van der Waals surface area contributed by atoms with E-state index in [4.69, 9.17) is 4.74 Å². The van der Waals surface area contributed by atoms with E-state index in [1.54, 1.807) is 54.7 Å². The fourth-order valence-electron chi connectivity index (χ4n) is 3.32. The van der Waals surface area contributed by atoms with Crippen LogP contribution in [0.4, 0.5) is 10.1 Å². The van der Waals surface area contributed by atoms with E-state index in [0.29, 0.717) is 22.5 Å². The quantitative estimate of drug-likeness (QED) is 0.324. The van der Waals surface area contributed by atoms with E-state index in [2.05, 4.69) is 31.3 Å². The first-order valence-corrected chi connectivity index (χ1v) is 11.6. The molecule has 0 radical (unpaired) electrons.